The highest BCUT2D eigenvalue weighted by Gasteiger charge is 2.24. The molecule has 1 aliphatic rings. The Morgan fingerprint density at radius 2 is 2.00 bits per heavy atom. The van der Waals surface area contributed by atoms with Gasteiger partial charge in [0, 0.05) is 20.0 Å². The first-order valence-corrected chi connectivity index (χ1v) is 5.63. The highest BCUT2D eigenvalue weighted by molar-refractivity contribution is 5.72. The molecule has 3 nitrogen and oxygen atoms in total. The summed E-state index contributed by atoms with van der Waals surface area (Å²) in [5.41, 5.74) is 0. The van der Waals surface area contributed by atoms with E-state index in [1.54, 1.807) is 6.92 Å². The molecule has 3 heteroatoms. The Labute approximate surface area is 86.6 Å². The molecule has 0 atom stereocenters. The summed E-state index contributed by atoms with van der Waals surface area (Å²) in [5.74, 6) is 1.97. The largest absolute Gasteiger partial charge is 0.355 e. The SMILES string of the molecule is CC(=O)NCCNCCC1CC(C)C1. The Morgan fingerprint density at radius 1 is 1.29 bits per heavy atom. The molecular formula is C11H22N2O. The lowest BCUT2D eigenvalue weighted by Gasteiger charge is -2.32. The van der Waals surface area contributed by atoms with Gasteiger partial charge in [0.2, 0.25) is 5.91 Å². The summed E-state index contributed by atoms with van der Waals surface area (Å²) in [6, 6.07) is 0. The molecule has 0 aliphatic heterocycles. The second-order valence-corrected chi connectivity index (χ2v) is 4.46. The Morgan fingerprint density at radius 3 is 2.57 bits per heavy atom. The molecule has 82 valence electrons. The van der Waals surface area contributed by atoms with Crippen molar-refractivity contribution >= 4 is 5.91 Å². The van der Waals surface area contributed by atoms with E-state index >= 15 is 0 Å². The van der Waals surface area contributed by atoms with Gasteiger partial charge in [0.05, 0.1) is 0 Å². The molecular weight excluding hydrogens is 176 g/mol. The van der Waals surface area contributed by atoms with Crippen molar-refractivity contribution in [2.75, 3.05) is 19.6 Å². The molecule has 0 heterocycles. The van der Waals surface area contributed by atoms with Gasteiger partial charge < -0.3 is 10.6 Å². The van der Waals surface area contributed by atoms with Crippen LogP contribution in [0.4, 0.5) is 0 Å². The molecule has 0 saturated heterocycles. The summed E-state index contributed by atoms with van der Waals surface area (Å²) in [7, 11) is 0. The Kier molecular flexibility index (Phi) is 4.94. The lowest BCUT2D eigenvalue weighted by atomic mass is 9.74. The summed E-state index contributed by atoms with van der Waals surface area (Å²) in [6.45, 7) is 6.60. The molecule has 14 heavy (non-hydrogen) atoms. The second-order valence-electron chi connectivity index (χ2n) is 4.46. The monoisotopic (exact) mass is 198 g/mol. The van der Waals surface area contributed by atoms with Gasteiger partial charge in [0.15, 0.2) is 0 Å². The van der Waals surface area contributed by atoms with E-state index in [0.29, 0.717) is 0 Å². The summed E-state index contributed by atoms with van der Waals surface area (Å²) in [4.78, 5) is 10.5. The maximum Gasteiger partial charge on any atom is 0.216 e. The van der Waals surface area contributed by atoms with Crippen LogP contribution in [0.1, 0.15) is 33.1 Å². The molecule has 0 aromatic carbocycles. The van der Waals surface area contributed by atoms with E-state index in [-0.39, 0.29) is 5.91 Å². The van der Waals surface area contributed by atoms with Gasteiger partial charge in [0.1, 0.15) is 0 Å². The summed E-state index contributed by atoms with van der Waals surface area (Å²) < 4.78 is 0. The molecule has 1 saturated carbocycles. The Bertz CT molecular complexity index is 176. The third-order valence-electron chi connectivity index (χ3n) is 2.88. The number of carbonyl (C=O) groups excluding carboxylic acids is 1. The minimum absolute atomic E-state index is 0.0552. The fourth-order valence-corrected chi connectivity index (χ4v) is 2.06. The number of hydrogen-bond acceptors (Lipinski definition) is 2. The van der Waals surface area contributed by atoms with Crippen molar-refractivity contribution in [1.29, 1.82) is 0 Å². The first-order valence-electron chi connectivity index (χ1n) is 5.63. The van der Waals surface area contributed by atoms with E-state index in [9.17, 15) is 4.79 Å². The van der Waals surface area contributed by atoms with Crippen LogP contribution in [-0.4, -0.2) is 25.5 Å². The molecule has 1 fully saturated rings. The fourth-order valence-electron chi connectivity index (χ4n) is 2.06. The molecule has 0 spiro atoms. The van der Waals surface area contributed by atoms with Crippen molar-refractivity contribution in [2.45, 2.75) is 33.1 Å². The van der Waals surface area contributed by atoms with Gasteiger partial charge in [-0.1, -0.05) is 6.92 Å². The summed E-state index contributed by atoms with van der Waals surface area (Å²) in [6.07, 6.45) is 4.12. The first-order chi connectivity index (χ1) is 6.68. The van der Waals surface area contributed by atoms with Gasteiger partial charge in [-0.05, 0) is 37.6 Å². The molecule has 0 bridgehead atoms. The summed E-state index contributed by atoms with van der Waals surface area (Å²) in [5, 5.41) is 6.11. The number of carbonyl (C=O) groups is 1. The lowest BCUT2D eigenvalue weighted by Crippen LogP contribution is -2.32. The van der Waals surface area contributed by atoms with E-state index in [2.05, 4.69) is 17.6 Å². The van der Waals surface area contributed by atoms with Crippen LogP contribution >= 0.6 is 0 Å². The van der Waals surface area contributed by atoms with E-state index in [1.807, 2.05) is 0 Å². The summed E-state index contributed by atoms with van der Waals surface area (Å²) >= 11 is 0. The van der Waals surface area contributed by atoms with Crippen LogP contribution in [0.15, 0.2) is 0 Å². The number of nitrogens with one attached hydrogen (secondary N) is 2. The Hall–Kier alpha value is -0.570. The third-order valence-corrected chi connectivity index (χ3v) is 2.88. The first kappa shape index (κ1) is 11.5. The van der Waals surface area contributed by atoms with Crippen molar-refractivity contribution in [3.05, 3.63) is 0 Å². The minimum Gasteiger partial charge on any atom is -0.355 e. The lowest BCUT2D eigenvalue weighted by molar-refractivity contribution is -0.118. The molecule has 1 rings (SSSR count). The molecule has 1 amide bonds. The van der Waals surface area contributed by atoms with E-state index in [4.69, 9.17) is 0 Å². The molecule has 1 aliphatic carbocycles. The van der Waals surface area contributed by atoms with Crippen LogP contribution in [0.3, 0.4) is 0 Å². The van der Waals surface area contributed by atoms with Gasteiger partial charge in [0.25, 0.3) is 0 Å². The zero-order valence-corrected chi connectivity index (χ0v) is 9.31. The maximum atomic E-state index is 10.5. The average Bonchev–Trinajstić information content (AvgIpc) is 2.07. The van der Waals surface area contributed by atoms with Crippen molar-refractivity contribution < 1.29 is 4.79 Å². The molecule has 0 aromatic heterocycles. The predicted octanol–water partition coefficient (Wildman–Crippen LogP) is 1.15. The molecule has 0 aromatic rings. The normalized spacial score (nSPS) is 25.6. The highest BCUT2D eigenvalue weighted by Crippen LogP contribution is 2.34. The zero-order valence-electron chi connectivity index (χ0n) is 9.31. The van der Waals surface area contributed by atoms with Gasteiger partial charge in [-0.2, -0.15) is 0 Å². The molecule has 0 radical (unpaired) electrons. The van der Waals surface area contributed by atoms with Gasteiger partial charge in [-0.25, -0.2) is 0 Å². The highest BCUT2D eigenvalue weighted by atomic mass is 16.1. The Balaban J connectivity index is 1.78. The van der Waals surface area contributed by atoms with Crippen molar-refractivity contribution in [1.82, 2.24) is 10.6 Å². The predicted molar refractivity (Wildman–Crippen MR) is 58.1 cm³/mol. The quantitative estimate of drug-likeness (QED) is 0.629. The molecule has 2 N–H and O–H groups in total. The van der Waals surface area contributed by atoms with Crippen molar-refractivity contribution in [2.24, 2.45) is 11.8 Å². The number of hydrogen-bond donors (Lipinski definition) is 2. The van der Waals surface area contributed by atoms with Crippen LogP contribution in [0.2, 0.25) is 0 Å². The van der Waals surface area contributed by atoms with Crippen molar-refractivity contribution in [3.63, 3.8) is 0 Å². The zero-order chi connectivity index (χ0) is 10.4. The van der Waals surface area contributed by atoms with Crippen molar-refractivity contribution in [3.8, 4) is 0 Å². The van der Waals surface area contributed by atoms with E-state index < -0.39 is 0 Å². The number of amides is 1. The van der Waals surface area contributed by atoms with Crippen LogP contribution in [0.5, 0.6) is 0 Å². The topological polar surface area (TPSA) is 41.1 Å². The van der Waals surface area contributed by atoms with Gasteiger partial charge >= 0.3 is 0 Å². The van der Waals surface area contributed by atoms with E-state index in [1.165, 1.54) is 19.3 Å². The van der Waals surface area contributed by atoms with Crippen LogP contribution in [0, 0.1) is 11.8 Å². The number of rotatable bonds is 6. The minimum atomic E-state index is 0.0552. The smallest absolute Gasteiger partial charge is 0.216 e. The third kappa shape index (κ3) is 4.61. The van der Waals surface area contributed by atoms with Crippen LogP contribution in [-0.2, 0) is 4.79 Å². The maximum absolute atomic E-state index is 10.5. The fraction of sp³-hybridized carbons (Fsp3) is 0.909. The van der Waals surface area contributed by atoms with Gasteiger partial charge in [-0.15, -0.1) is 0 Å². The van der Waals surface area contributed by atoms with Crippen LogP contribution < -0.4 is 10.6 Å². The second kappa shape index (κ2) is 6.02. The van der Waals surface area contributed by atoms with Crippen LogP contribution in [0.25, 0.3) is 0 Å². The molecule has 0 unspecified atom stereocenters. The standard InChI is InChI=1S/C11H22N2O/c1-9-7-11(8-9)3-4-12-5-6-13-10(2)14/h9,11-12H,3-8H2,1-2H3,(H,13,14). The van der Waals surface area contributed by atoms with E-state index in [0.717, 1.165) is 31.5 Å². The van der Waals surface area contributed by atoms with Gasteiger partial charge in [-0.3, -0.25) is 4.79 Å². The average molecular weight is 198 g/mol.